The topological polar surface area (TPSA) is 138 Å². The normalized spacial score (nSPS) is 42.9. The number of carbonyl (C=O) groups is 3. The van der Waals surface area contributed by atoms with E-state index >= 15 is 0 Å². The molecule has 0 saturated heterocycles. The Morgan fingerprint density at radius 2 is 1.58 bits per heavy atom. The van der Waals surface area contributed by atoms with E-state index in [1.165, 1.54) is 11.1 Å². The second kappa shape index (κ2) is 13.2. The number of benzene rings is 1. The van der Waals surface area contributed by atoms with E-state index in [1.54, 1.807) is 19.1 Å². The first-order valence-electron chi connectivity index (χ1n) is 18.7. The molecule has 0 aromatic heterocycles. The molecule has 0 amide bonds. The minimum Gasteiger partial charge on any atom is -0.716 e. The molecule has 5 saturated carbocycles. The third-order valence-electron chi connectivity index (χ3n) is 15.6. The van der Waals surface area contributed by atoms with E-state index in [4.69, 9.17) is 0 Å². The molecule has 8 nitrogen and oxygen atoms in total. The van der Waals surface area contributed by atoms with Gasteiger partial charge in [-0.1, -0.05) is 39.3 Å². The van der Waals surface area contributed by atoms with E-state index in [2.05, 4.69) is 31.9 Å². The first-order valence-corrected chi connectivity index (χ1v) is 20.0. The Bertz CT molecular complexity index is 1720. The van der Waals surface area contributed by atoms with Crippen molar-refractivity contribution < 1.29 is 66.2 Å². The van der Waals surface area contributed by atoms with Crippen LogP contribution in [-0.2, 0) is 31.2 Å². The summed E-state index contributed by atoms with van der Waals surface area (Å²) >= 11 is 0. The zero-order chi connectivity index (χ0) is 35.3. The fraction of sp³-hybridized carbons (Fsp3) is 0.725. The van der Waals surface area contributed by atoms with Crippen LogP contribution in [0.4, 0.5) is 0 Å². The Hall–Kier alpha value is -1.36. The van der Waals surface area contributed by atoms with Crippen molar-refractivity contribution in [1.29, 1.82) is 0 Å². The summed E-state index contributed by atoms with van der Waals surface area (Å²) in [7, 11) is -4.74. The molecule has 8 rings (SSSR count). The predicted octanol–water partition coefficient (Wildman–Crippen LogP) is 4.04. The molecule has 5 fully saturated rings. The molecule has 1 aromatic rings. The number of aliphatic hydroxyl groups is 1. The average molecular weight is 717 g/mol. The molecule has 0 radical (unpaired) electrons. The van der Waals surface area contributed by atoms with E-state index in [0.29, 0.717) is 72.3 Å². The molecule has 10 heteroatoms. The summed E-state index contributed by atoms with van der Waals surface area (Å²) in [5.41, 5.74) is 2.28. The van der Waals surface area contributed by atoms with E-state index in [1.807, 2.05) is 12.1 Å². The summed E-state index contributed by atoms with van der Waals surface area (Å²) < 4.78 is 36.8. The molecule has 11 atom stereocenters. The van der Waals surface area contributed by atoms with Gasteiger partial charge in [0, 0.05) is 23.7 Å². The summed E-state index contributed by atoms with van der Waals surface area (Å²) in [6, 6.07) is 5.17. The van der Waals surface area contributed by atoms with Crippen LogP contribution in [0.15, 0.2) is 29.8 Å². The van der Waals surface area contributed by atoms with Gasteiger partial charge in [0.15, 0.2) is 11.6 Å². The molecule has 0 unspecified atom stereocenters. The Morgan fingerprint density at radius 3 is 2.28 bits per heavy atom. The zero-order valence-electron chi connectivity index (χ0n) is 30.8. The van der Waals surface area contributed by atoms with Crippen LogP contribution in [0, 0.1) is 51.8 Å². The molecule has 0 spiro atoms. The van der Waals surface area contributed by atoms with Crippen molar-refractivity contribution in [3.05, 3.63) is 41.0 Å². The van der Waals surface area contributed by atoms with E-state index in [9.17, 15) is 32.5 Å². The van der Waals surface area contributed by atoms with Crippen LogP contribution in [0.1, 0.15) is 129 Å². The maximum Gasteiger partial charge on any atom is 1.00 e. The van der Waals surface area contributed by atoms with Gasteiger partial charge in [0.2, 0.25) is 0 Å². The van der Waals surface area contributed by atoms with Crippen molar-refractivity contribution in [2.75, 3.05) is 0 Å². The van der Waals surface area contributed by atoms with Gasteiger partial charge in [0.05, 0.1) is 0 Å². The first kappa shape index (κ1) is 38.4. The number of Topliss-reactive ketones (excluding diaryl/α,β-unsaturated/α-hetero) is 2. The molecule has 1 N–H and O–H groups in total. The molecule has 1 aromatic carbocycles. The summed E-state index contributed by atoms with van der Waals surface area (Å²) in [4.78, 5) is 36.6. The minimum absolute atomic E-state index is 0. The number of hydrogen-bond acceptors (Lipinski definition) is 8. The zero-order valence-corrected chi connectivity index (χ0v) is 33.6. The minimum atomic E-state index is -4.74. The number of allylic oxidation sites excluding steroid dienone is 1. The number of fused-ring (bicyclic) bond motifs is 10. The summed E-state index contributed by atoms with van der Waals surface area (Å²) in [6.07, 6.45) is 13.8. The Balaban J connectivity index is 0.000000170. The van der Waals surface area contributed by atoms with Crippen LogP contribution in [0.5, 0.6) is 5.75 Å². The van der Waals surface area contributed by atoms with Crippen molar-refractivity contribution in [2.24, 2.45) is 51.8 Å². The van der Waals surface area contributed by atoms with Crippen LogP contribution >= 0.6 is 0 Å². The molecule has 50 heavy (non-hydrogen) atoms. The molecular formula is C40H53NaO8S. The second-order valence-corrected chi connectivity index (χ2v) is 18.6. The van der Waals surface area contributed by atoms with Crippen molar-refractivity contribution in [1.82, 2.24) is 0 Å². The average Bonchev–Trinajstić information content (AvgIpc) is 3.50. The largest absolute Gasteiger partial charge is 1.00 e. The predicted molar refractivity (Wildman–Crippen MR) is 183 cm³/mol. The molecular weight excluding hydrogens is 663 g/mol. The molecule has 0 bridgehead atoms. The van der Waals surface area contributed by atoms with Gasteiger partial charge in [-0.2, -0.15) is 0 Å². The third kappa shape index (κ3) is 5.96. The molecule has 0 aliphatic heterocycles. The molecule has 7 aliphatic carbocycles. The first-order chi connectivity index (χ1) is 22.9. The summed E-state index contributed by atoms with van der Waals surface area (Å²) in [5.74, 6) is 4.22. The van der Waals surface area contributed by atoms with Crippen molar-refractivity contribution in [2.45, 2.75) is 130 Å². The van der Waals surface area contributed by atoms with Crippen molar-refractivity contribution in [3.8, 4) is 5.75 Å². The van der Waals surface area contributed by atoms with Gasteiger partial charge >= 0.3 is 29.6 Å². The van der Waals surface area contributed by atoms with Gasteiger partial charge in [-0.25, -0.2) is 8.42 Å². The third-order valence-corrected chi connectivity index (χ3v) is 16.0. The van der Waals surface area contributed by atoms with Gasteiger partial charge in [0.1, 0.15) is 17.1 Å². The summed E-state index contributed by atoms with van der Waals surface area (Å²) in [6.45, 7) is 10.5. The van der Waals surface area contributed by atoms with Crippen LogP contribution in [0.2, 0.25) is 0 Å². The summed E-state index contributed by atoms with van der Waals surface area (Å²) in [5, 5.41) is 11.2. The molecule has 0 heterocycles. The quantitative estimate of drug-likeness (QED) is 0.281. The van der Waals surface area contributed by atoms with E-state index in [0.717, 1.165) is 69.8 Å². The van der Waals surface area contributed by atoms with Gasteiger partial charge in [-0.15, -0.1) is 0 Å². The van der Waals surface area contributed by atoms with Gasteiger partial charge < -0.3 is 13.8 Å². The van der Waals surface area contributed by atoms with Crippen LogP contribution < -0.4 is 33.7 Å². The SMILES string of the molecule is CC(=O)[C@@]1(O)CC[C@H]2[C@@H]3C[C@H](C)C4=CC(=O)CC[C@]4(C)[C@H]3CC[C@@]21C.C[C@]12CC[C@@H]3c4ccc(OS(=O)(=O)[O-])cc4CC[C@H]3[C@@H]1CCC2=O.[Na+]. The standard InChI is InChI=1S/C22H32O3.C18H22O5S.Na/c1-13-11-16-17(20(3)8-5-15(24)12-19(13)20)6-9-21(4)18(16)7-10-22(21,25)14(2)23;1-18-9-8-14-13-5-3-12(23-24(20,21)22)10-11(13)2-4-15(14)16(18)6-7-17(18)19;/h12-13,16-18,25H,5-11H2,1-4H3;3,5,10,14-16H,2,4,6-9H2,1H3,(H,20,21,22);/q;;+1/p-1/t13-,16+,17-,18-,20+,21-,22-;14-,15-,16+,18+;/m01./s1. The van der Waals surface area contributed by atoms with Crippen molar-refractivity contribution >= 4 is 27.7 Å². The molecule has 268 valence electrons. The second-order valence-electron chi connectivity index (χ2n) is 17.6. The van der Waals surface area contributed by atoms with Crippen LogP contribution in [0.25, 0.3) is 0 Å². The number of ketones is 3. The van der Waals surface area contributed by atoms with Crippen LogP contribution in [-0.4, -0.2) is 41.0 Å². The van der Waals surface area contributed by atoms with Crippen molar-refractivity contribution in [3.63, 3.8) is 0 Å². The maximum absolute atomic E-state index is 12.3. The van der Waals surface area contributed by atoms with E-state index in [-0.39, 0.29) is 57.3 Å². The molecule has 7 aliphatic rings. The van der Waals surface area contributed by atoms with Gasteiger partial charge in [0.25, 0.3) is 10.4 Å². The van der Waals surface area contributed by atoms with Gasteiger partial charge in [-0.3, -0.25) is 14.4 Å². The number of hydrogen-bond donors (Lipinski definition) is 1. The monoisotopic (exact) mass is 716 g/mol. The Morgan fingerprint density at radius 1 is 0.880 bits per heavy atom. The van der Waals surface area contributed by atoms with Crippen LogP contribution in [0.3, 0.4) is 0 Å². The fourth-order valence-electron chi connectivity index (χ4n) is 13.1. The van der Waals surface area contributed by atoms with Gasteiger partial charge in [-0.05, 0) is 154 Å². The maximum atomic E-state index is 12.3. The number of aryl methyl sites for hydroxylation is 1. The fourth-order valence-corrected chi connectivity index (χ4v) is 13.4. The Kier molecular flexibility index (Phi) is 10.1. The number of carbonyl (C=O) groups excluding carboxylic acids is 3. The smallest absolute Gasteiger partial charge is 0.716 e. The van der Waals surface area contributed by atoms with E-state index < -0.39 is 16.0 Å². The Labute approximate surface area is 320 Å². The number of rotatable bonds is 3.